The van der Waals surface area contributed by atoms with Crippen molar-refractivity contribution in [1.29, 1.82) is 0 Å². The molecule has 1 aromatic carbocycles. The molecule has 4 saturated carbocycles. The Morgan fingerprint density at radius 1 is 1.06 bits per heavy atom. The van der Waals surface area contributed by atoms with E-state index < -0.39 is 0 Å². The van der Waals surface area contributed by atoms with E-state index in [0.29, 0.717) is 12.5 Å². The van der Waals surface area contributed by atoms with Crippen molar-refractivity contribution in [3.05, 3.63) is 18.2 Å². The van der Waals surface area contributed by atoms with Crippen molar-refractivity contribution in [1.82, 2.24) is 9.88 Å². The second kappa shape index (κ2) is 8.94. The van der Waals surface area contributed by atoms with Gasteiger partial charge in [0.05, 0.1) is 22.2 Å². The van der Waals surface area contributed by atoms with E-state index in [1.54, 1.807) is 11.3 Å². The number of benzene rings is 1. The third kappa shape index (κ3) is 4.05. The Labute approximate surface area is 196 Å². The number of carbonyl (C=O) groups is 1. The van der Waals surface area contributed by atoms with E-state index in [4.69, 9.17) is 9.72 Å². The zero-order chi connectivity index (χ0) is 22.3. The lowest BCUT2D eigenvalue weighted by atomic mass is 9.49. The second-order valence-electron chi connectivity index (χ2n) is 10.2. The Balaban J connectivity index is 1.46. The highest BCUT2D eigenvalue weighted by molar-refractivity contribution is 7.22. The number of likely N-dealkylation sites (N-methyl/N-ethyl adjacent to an activating group) is 1. The molecule has 0 aliphatic heterocycles. The Kier molecular flexibility index (Phi) is 6.19. The standard InChI is InChI=1S/C26H37N3O2S/c1-4-28(5-2)9-10-29(25-27-22-8-7-21(31-6-3)14-23(22)32-25)24(30)26-15-18-11-19(16-26)13-20(12-18)17-26/h7-8,14,18-20H,4-6,9-13,15-17H2,1-3H3. The van der Waals surface area contributed by atoms with Crippen molar-refractivity contribution >= 4 is 32.6 Å². The molecule has 32 heavy (non-hydrogen) atoms. The lowest BCUT2D eigenvalue weighted by molar-refractivity contribution is -0.143. The molecule has 6 heteroatoms. The van der Waals surface area contributed by atoms with Gasteiger partial charge in [0.15, 0.2) is 5.13 Å². The molecule has 0 spiro atoms. The van der Waals surface area contributed by atoms with Crippen LogP contribution in [0.1, 0.15) is 59.3 Å². The number of amides is 1. The van der Waals surface area contributed by atoms with E-state index in [1.807, 2.05) is 19.1 Å². The summed E-state index contributed by atoms with van der Waals surface area (Å²) in [5.41, 5.74) is 0.811. The lowest BCUT2D eigenvalue weighted by Gasteiger charge is -2.56. The Hall–Kier alpha value is -1.66. The molecule has 0 N–H and O–H groups in total. The fourth-order valence-electron chi connectivity index (χ4n) is 6.99. The average Bonchev–Trinajstić information content (AvgIpc) is 3.19. The van der Waals surface area contributed by atoms with Crippen LogP contribution in [0.2, 0.25) is 0 Å². The molecule has 6 rings (SSSR count). The molecule has 1 aromatic heterocycles. The molecule has 4 aliphatic carbocycles. The summed E-state index contributed by atoms with van der Waals surface area (Å²) in [6.45, 7) is 10.7. The molecule has 5 nitrogen and oxygen atoms in total. The minimum absolute atomic E-state index is 0.146. The number of anilines is 1. The molecule has 1 amide bonds. The van der Waals surface area contributed by atoms with E-state index in [2.05, 4.69) is 29.7 Å². The van der Waals surface area contributed by atoms with Gasteiger partial charge in [-0.3, -0.25) is 9.69 Å². The minimum atomic E-state index is -0.146. The maximum atomic E-state index is 14.3. The van der Waals surface area contributed by atoms with Crippen molar-refractivity contribution in [2.24, 2.45) is 23.2 Å². The van der Waals surface area contributed by atoms with E-state index in [0.717, 1.165) is 84.3 Å². The van der Waals surface area contributed by atoms with Crippen LogP contribution >= 0.6 is 11.3 Å². The van der Waals surface area contributed by atoms with Gasteiger partial charge in [-0.05, 0) is 94.5 Å². The highest BCUT2D eigenvalue weighted by atomic mass is 32.1. The van der Waals surface area contributed by atoms with Gasteiger partial charge < -0.3 is 9.64 Å². The van der Waals surface area contributed by atoms with Crippen LogP contribution in [0.4, 0.5) is 5.13 Å². The summed E-state index contributed by atoms with van der Waals surface area (Å²) in [7, 11) is 0. The van der Waals surface area contributed by atoms with Gasteiger partial charge in [0.1, 0.15) is 5.75 Å². The fourth-order valence-corrected chi connectivity index (χ4v) is 8.01. The molecular formula is C26H37N3O2S. The Morgan fingerprint density at radius 2 is 1.72 bits per heavy atom. The van der Waals surface area contributed by atoms with Gasteiger partial charge in [0.2, 0.25) is 5.91 Å². The molecule has 0 saturated heterocycles. The van der Waals surface area contributed by atoms with Crippen LogP contribution in [-0.4, -0.2) is 48.6 Å². The van der Waals surface area contributed by atoms with E-state index in [9.17, 15) is 4.79 Å². The van der Waals surface area contributed by atoms with Gasteiger partial charge >= 0.3 is 0 Å². The number of nitrogens with zero attached hydrogens (tertiary/aromatic N) is 3. The molecular weight excluding hydrogens is 418 g/mol. The maximum Gasteiger partial charge on any atom is 0.235 e. The van der Waals surface area contributed by atoms with E-state index in [1.165, 1.54) is 19.3 Å². The molecule has 174 valence electrons. The summed E-state index contributed by atoms with van der Waals surface area (Å²) in [4.78, 5) is 23.7. The molecule has 0 atom stereocenters. The number of fused-ring (bicyclic) bond motifs is 1. The summed E-state index contributed by atoms with van der Waals surface area (Å²) >= 11 is 1.64. The van der Waals surface area contributed by atoms with Crippen LogP contribution in [0.25, 0.3) is 10.2 Å². The summed E-state index contributed by atoms with van der Waals surface area (Å²) in [6, 6.07) is 6.08. The van der Waals surface area contributed by atoms with Gasteiger partial charge in [0.25, 0.3) is 0 Å². The monoisotopic (exact) mass is 455 g/mol. The molecule has 1 heterocycles. The summed E-state index contributed by atoms with van der Waals surface area (Å²) < 4.78 is 6.79. The van der Waals surface area contributed by atoms with Crippen molar-refractivity contribution in [3.8, 4) is 5.75 Å². The largest absolute Gasteiger partial charge is 0.494 e. The number of rotatable bonds is 9. The quantitative estimate of drug-likeness (QED) is 0.495. The van der Waals surface area contributed by atoms with Crippen LogP contribution in [0.15, 0.2) is 18.2 Å². The first-order chi connectivity index (χ1) is 15.5. The molecule has 4 bridgehead atoms. The first-order valence-electron chi connectivity index (χ1n) is 12.6. The molecule has 0 unspecified atom stereocenters. The summed E-state index contributed by atoms with van der Waals surface area (Å²) in [5.74, 6) is 3.52. The molecule has 4 aliphatic rings. The third-order valence-corrected chi connectivity index (χ3v) is 9.20. The number of hydrogen-bond donors (Lipinski definition) is 0. The minimum Gasteiger partial charge on any atom is -0.494 e. The van der Waals surface area contributed by atoms with E-state index in [-0.39, 0.29) is 5.41 Å². The first kappa shape index (κ1) is 22.1. The van der Waals surface area contributed by atoms with Crippen LogP contribution in [0.3, 0.4) is 0 Å². The zero-order valence-corrected chi connectivity index (χ0v) is 20.6. The number of ether oxygens (including phenoxy) is 1. The number of carbonyl (C=O) groups excluding carboxylic acids is 1. The van der Waals surface area contributed by atoms with Crippen LogP contribution in [0, 0.1) is 23.2 Å². The van der Waals surface area contributed by atoms with Gasteiger partial charge in [-0.2, -0.15) is 0 Å². The number of thiazole rings is 1. The topological polar surface area (TPSA) is 45.7 Å². The van der Waals surface area contributed by atoms with Crippen molar-refractivity contribution in [3.63, 3.8) is 0 Å². The first-order valence-corrected chi connectivity index (χ1v) is 13.4. The molecule has 2 aromatic rings. The smallest absolute Gasteiger partial charge is 0.235 e. The van der Waals surface area contributed by atoms with Gasteiger partial charge in [0, 0.05) is 13.1 Å². The Bertz CT molecular complexity index is 932. The lowest BCUT2D eigenvalue weighted by Crippen LogP contribution is -2.55. The second-order valence-corrected chi connectivity index (χ2v) is 11.2. The average molecular weight is 456 g/mol. The SMILES string of the molecule is CCOc1ccc2nc(N(CCN(CC)CC)C(=O)C34CC5CC(CC(C5)C3)C4)sc2c1. The highest BCUT2D eigenvalue weighted by Crippen LogP contribution is 2.60. The van der Waals surface area contributed by atoms with Crippen molar-refractivity contribution in [2.45, 2.75) is 59.3 Å². The Morgan fingerprint density at radius 3 is 2.31 bits per heavy atom. The third-order valence-electron chi connectivity index (χ3n) is 8.16. The number of aromatic nitrogens is 1. The van der Waals surface area contributed by atoms with Gasteiger partial charge in [-0.1, -0.05) is 25.2 Å². The fraction of sp³-hybridized carbons (Fsp3) is 0.692. The maximum absolute atomic E-state index is 14.3. The molecule has 0 radical (unpaired) electrons. The van der Waals surface area contributed by atoms with Crippen molar-refractivity contribution in [2.75, 3.05) is 37.7 Å². The van der Waals surface area contributed by atoms with Crippen molar-refractivity contribution < 1.29 is 9.53 Å². The summed E-state index contributed by atoms with van der Waals surface area (Å²) in [5, 5.41) is 0.863. The normalized spacial score (nSPS) is 28.6. The predicted molar refractivity (Wildman–Crippen MR) is 132 cm³/mol. The highest BCUT2D eigenvalue weighted by Gasteiger charge is 2.56. The van der Waals surface area contributed by atoms with E-state index >= 15 is 0 Å². The zero-order valence-electron chi connectivity index (χ0n) is 19.8. The predicted octanol–water partition coefficient (Wildman–Crippen LogP) is 5.59. The summed E-state index contributed by atoms with van der Waals surface area (Å²) in [6.07, 6.45) is 7.35. The van der Waals surface area contributed by atoms with Crippen LogP contribution < -0.4 is 9.64 Å². The van der Waals surface area contributed by atoms with Gasteiger partial charge in [-0.15, -0.1) is 0 Å². The number of hydrogen-bond acceptors (Lipinski definition) is 5. The van der Waals surface area contributed by atoms with Crippen LogP contribution in [0.5, 0.6) is 5.75 Å². The van der Waals surface area contributed by atoms with Gasteiger partial charge in [-0.25, -0.2) is 4.98 Å². The molecule has 4 fully saturated rings. The van der Waals surface area contributed by atoms with Crippen LogP contribution in [-0.2, 0) is 4.79 Å².